The van der Waals surface area contributed by atoms with E-state index in [1.807, 2.05) is 33.0 Å². The number of nitrogens with one attached hydrogen (secondary N) is 1. The smallest absolute Gasteiger partial charge is 0.103 e. The molecule has 0 bridgehead atoms. The van der Waals surface area contributed by atoms with E-state index in [2.05, 4.69) is 5.32 Å². The van der Waals surface area contributed by atoms with Crippen LogP contribution in [0.15, 0.2) is 12.1 Å². The van der Waals surface area contributed by atoms with Crippen LogP contribution in [0.3, 0.4) is 0 Å². The van der Waals surface area contributed by atoms with Gasteiger partial charge in [-0.2, -0.15) is 0 Å². The monoisotopic (exact) mass is 185 g/mol. The number of rotatable bonds is 3. The molecule has 1 heterocycles. The second-order valence-electron chi connectivity index (χ2n) is 2.97. The van der Waals surface area contributed by atoms with Crippen LogP contribution in [0.25, 0.3) is 0 Å². The number of aliphatic hydroxyl groups excluding tert-OH is 1. The fraction of sp³-hybridized carbons (Fsp3) is 0.556. The van der Waals surface area contributed by atoms with E-state index in [0.29, 0.717) is 0 Å². The van der Waals surface area contributed by atoms with Gasteiger partial charge in [-0.15, -0.1) is 11.3 Å². The molecule has 0 aliphatic rings. The number of thiophene rings is 1. The molecule has 68 valence electrons. The number of aliphatic hydroxyl groups is 1. The van der Waals surface area contributed by atoms with Crippen LogP contribution in [0.1, 0.15) is 22.8 Å². The largest absolute Gasteiger partial charge is 0.386 e. The molecule has 3 heteroatoms. The third kappa shape index (κ3) is 2.06. The van der Waals surface area contributed by atoms with Crippen LogP contribution in [0.2, 0.25) is 0 Å². The maximum Gasteiger partial charge on any atom is 0.103 e. The minimum Gasteiger partial charge on any atom is -0.386 e. The lowest BCUT2D eigenvalue weighted by Crippen LogP contribution is -2.28. The molecule has 2 atom stereocenters. The third-order valence-corrected chi connectivity index (χ3v) is 3.05. The van der Waals surface area contributed by atoms with E-state index in [9.17, 15) is 5.11 Å². The van der Waals surface area contributed by atoms with Crippen LogP contribution < -0.4 is 5.32 Å². The van der Waals surface area contributed by atoms with Gasteiger partial charge in [0.05, 0.1) is 0 Å². The van der Waals surface area contributed by atoms with E-state index in [4.69, 9.17) is 0 Å². The number of hydrogen-bond acceptors (Lipinski definition) is 3. The van der Waals surface area contributed by atoms with Crippen LogP contribution in [0.4, 0.5) is 0 Å². The molecule has 0 radical (unpaired) electrons. The molecular formula is C9H15NOS. The predicted octanol–water partition coefficient (Wildman–Crippen LogP) is 1.70. The highest BCUT2D eigenvalue weighted by Gasteiger charge is 2.15. The second kappa shape index (κ2) is 4.03. The van der Waals surface area contributed by atoms with Gasteiger partial charge < -0.3 is 10.4 Å². The van der Waals surface area contributed by atoms with Crippen molar-refractivity contribution in [3.05, 3.63) is 21.9 Å². The minimum absolute atomic E-state index is 0.114. The Morgan fingerprint density at radius 3 is 2.58 bits per heavy atom. The zero-order chi connectivity index (χ0) is 9.14. The molecular weight excluding hydrogens is 170 g/mol. The Morgan fingerprint density at radius 2 is 2.17 bits per heavy atom. The molecule has 0 aliphatic carbocycles. The Bertz CT molecular complexity index is 246. The van der Waals surface area contributed by atoms with E-state index in [0.717, 1.165) is 4.88 Å². The van der Waals surface area contributed by atoms with Gasteiger partial charge in [0.1, 0.15) is 6.10 Å². The molecule has 1 unspecified atom stereocenters. The van der Waals surface area contributed by atoms with Gasteiger partial charge in [-0.05, 0) is 33.0 Å². The van der Waals surface area contributed by atoms with Crippen molar-refractivity contribution in [2.75, 3.05) is 7.05 Å². The molecule has 1 rings (SSSR count). The first-order valence-corrected chi connectivity index (χ1v) is 4.88. The summed E-state index contributed by atoms with van der Waals surface area (Å²) in [6.07, 6.45) is -0.381. The highest BCUT2D eigenvalue weighted by Crippen LogP contribution is 2.24. The van der Waals surface area contributed by atoms with Crippen molar-refractivity contribution < 1.29 is 5.11 Å². The van der Waals surface area contributed by atoms with Gasteiger partial charge in [0.2, 0.25) is 0 Å². The van der Waals surface area contributed by atoms with E-state index in [1.165, 1.54) is 4.88 Å². The lowest BCUT2D eigenvalue weighted by molar-refractivity contribution is 0.143. The van der Waals surface area contributed by atoms with E-state index in [-0.39, 0.29) is 12.1 Å². The summed E-state index contributed by atoms with van der Waals surface area (Å²) in [5.41, 5.74) is 0. The summed E-state index contributed by atoms with van der Waals surface area (Å²) >= 11 is 1.65. The average Bonchev–Trinajstić information content (AvgIpc) is 2.49. The Morgan fingerprint density at radius 1 is 1.50 bits per heavy atom. The zero-order valence-corrected chi connectivity index (χ0v) is 8.48. The molecule has 0 aliphatic heterocycles. The summed E-state index contributed by atoms with van der Waals surface area (Å²) < 4.78 is 0. The Balaban J connectivity index is 2.70. The summed E-state index contributed by atoms with van der Waals surface area (Å²) in [7, 11) is 1.86. The molecule has 0 saturated carbocycles. The van der Waals surface area contributed by atoms with Crippen molar-refractivity contribution in [3.8, 4) is 0 Å². The Kier molecular flexibility index (Phi) is 3.26. The fourth-order valence-electron chi connectivity index (χ4n) is 1.02. The molecule has 1 aromatic heterocycles. The first kappa shape index (κ1) is 9.71. The summed E-state index contributed by atoms with van der Waals surface area (Å²) in [4.78, 5) is 2.28. The van der Waals surface area contributed by atoms with Gasteiger partial charge in [-0.3, -0.25) is 0 Å². The molecule has 2 N–H and O–H groups in total. The molecule has 2 nitrogen and oxygen atoms in total. The van der Waals surface area contributed by atoms with Crippen molar-refractivity contribution in [2.24, 2.45) is 0 Å². The first-order valence-electron chi connectivity index (χ1n) is 4.07. The minimum atomic E-state index is -0.381. The van der Waals surface area contributed by atoms with Crippen molar-refractivity contribution in [3.63, 3.8) is 0 Å². The lowest BCUT2D eigenvalue weighted by atomic mass is 10.1. The van der Waals surface area contributed by atoms with E-state index in [1.54, 1.807) is 11.3 Å². The van der Waals surface area contributed by atoms with Gasteiger partial charge in [0.15, 0.2) is 0 Å². The average molecular weight is 185 g/mol. The third-order valence-electron chi connectivity index (χ3n) is 1.98. The van der Waals surface area contributed by atoms with Crippen LogP contribution in [-0.4, -0.2) is 18.2 Å². The Hall–Kier alpha value is -0.380. The first-order chi connectivity index (χ1) is 5.65. The zero-order valence-electron chi connectivity index (χ0n) is 7.66. The highest BCUT2D eigenvalue weighted by molar-refractivity contribution is 7.12. The van der Waals surface area contributed by atoms with E-state index < -0.39 is 0 Å². The lowest BCUT2D eigenvalue weighted by Gasteiger charge is -2.16. The summed E-state index contributed by atoms with van der Waals surface area (Å²) in [6.45, 7) is 4.02. The Labute approximate surface area is 77.2 Å². The quantitative estimate of drug-likeness (QED) is 0.751. The number of aryl methyl sites for hydroxylation is 1. The summed E-state index contributed by atoms with van der Waals surface area (Å²) in [5, 5.41) is 12.8. The highest BCUT2D eigenvalue weighted by atomic mass is 32.1. The van der Waals surface area contributed by atoms with Gasteiger partial charge in [-0.25, -0.2) is 0 Å². The van der Waals surface area contributed by atoms with Crippen LogP contribution in [0, 0.1) is 6.92 Å². The molecule has 12 heavy (non-hydrogen) atoms. The van der Waals surface area contributed by atoms with Gasteiger partial charge in [0.25, 0.3) is 0 Å². The molecule has 0 amide bonds. The van der Waals surface area contributed by atoms with Crippen LogP contribution in [-0.2, 0) is 0 Å². The number of hydrogen-bond donors (Lipinski definition) is 2. The maximum absolute atomic E-state index is 9.75. The van der Waals surface area contributed by atoms with Crippen molar-refractivity contribution in [1.82, 2.24) is 5.32 Å². The molecule has 0 saturated heterocycles. The van der Waals surface area contributed by atoms with E-state index >= 15 is 0 Å². The fourth-order valence-corrected chi connectivity index (χ4v) is 1.99. The van der Waals surface area contributed by atoms with Crippen LogP contribution >= 0.6 is 11.3 Å². The summed E-state index contributed by atoms with van der Waals surface area (Å²) in [6, 6.07) is 4.13. The van der Waals surface area contributed by atoms with Crippen molar-refractivity contribution >= 4 is 11.3 Å². The van der Waals surface area contributed by atoms with Gasteiger partial charge >= 0.3 is 0 Å². The standard InChI is InChI=1S/C9H15NOS/c1-6-4-5-8(12-6)9(11)7(2)10-3/h4-5,7,9-11H,1-3H3/t7-,9?/m0/s1. The second-order valence-corrected chi connectivity index (χ2v) is 4.29. The predicted molar refractivity (Wildman–Crippen MR) is 52.5 cm³/mol. The topological polar surface area (TPSA) is 32.3 Å². The summed E-state index contributed by atoms with van der Waals surface area (Å²) in [5.74, 6) is 0. The molecule has 0 fully saturated rings. The van der Waals surface area contributed by atoms with Crippen molar-refractivity contribution in [1.29, 1.82) is 0 Å². The van der Waals surface area contributed by atoms with Crippen LogP contribution in [0.5, 0.6) is 0 Å². The van der Waals surface area contributed by atoms with Gasteiger partial charge in [-0.1, -0.05) is 0 Å². The maximum atomic E-state index is 9.75. The molecule has 0 spiro atoms. The normalized spacial score (nSPS) is 16.0. The molecule has 0 aromatic carbocycles. The SMILES string of the molecule is CN[C@@H](C)C(O)c1ccc(C)s1. The number of likely N-dealkylation sites (N-methyl/N-ethyl adjacent to an activating group) is 1. The molecule has 1 aromatic rings. The van der Waals surface area contributed by atoms with Gasteiger partial charge in [0, 0.05) is 15.8 Å². The van der Waals surface area contributed by atoms with Crippen molar-refractivity contribution in [2.45, 2.75) is 26.0 Å².